The van der Waals surface area contributed by atoms with E-state index in [9.17, 15) is 14.4 Å². The van der Waals surface area contributed by atoms with Gasteiger partial charge in [0.05, 0.1) is 7.11 Å². The van der Waals surface area contributed by atoms with Crippen LogP contribution < -0.4 is 0 Å². The van der Waals surface area contributed by atoms with Crippen LogP contribution in [0.5, 0.6) is 0 Å². The van der Waals surface area contributed by atoms with Crippen molar-refractivity contribution in [3.8, 4) is 0 Å². The van der Waals surface area contributed by atoms with E-state index in [1.807, 2.05) is 0 Å². The number of methoxy groups -OCH3 is 1. The molecule has 0 aromatic carbocycles. The Hall–Kier alpha value is -1.39. The zero-order chi connectivity index (χ0) is 9.56. The summed E-state index contributed by atoms with van der Waals surface area (Å²) in [5, 5.41) is 0. The standard InChI is InChI=1S/C7H10O5/c1-5(9)12-4-6(3-8)7(10)11-2/h3,6H,4H2,1-2H3. The van der Waals surface area contributed by atoms with E-state index in [2.05, 4.69) is 9.47 Å². The van der Waals surface area contributed by atoms with Crippen molar-refractivity contribution >= 4 is 18.2 Å². The van der Waals surface area contributed by atoms with E-state index in [1.54, 1.807) is 0 Å². The summed E-state index contributed by atoms with van der Waals surface area (Å²) in [7, 11) is 1.16. The number of hydrogen-bond acceptors (Lipinski definition) is 5. The number of esters is 2. The number of rotatable bonds is 4. The Morgan fingerprint density at radius 3 is 2.42 bits per heavy atom. The Bertz CT molecular complexity index is 186. The molecule has 0 amide bonds. The third kappa shape index (κ3) is 3.70. The summed E-state index contributed by atoms with van der Waals surface area (Å²) >= 11 is 0. The zero-order valence-corrected chi connectivity index (χ0v) is 6.90. The second-order valence-electron chi connectivity index (χ2n) is 2.07. The zero-order valence-electron chi connectivity index (χ0n) is 6.90. The fourth-order valence-corrected chi connectivity index (χ4v) is 0.521. The summed E-state index contributed by atoms with van der Waals surface area (Å²) in [6, 6.07) is 0. The molecule has 0 spiro atoms. The van der Waals surface area contributed by atoms with E-state index in [1.165, 1.54) is 6.92 Å². The van der Waals surface area contributed by atoms with Crippen LogP contribution in [0.3, 0.4) is 0 Å². The molecule has 12 heavy (non-hydrogen) atoms. The lowest BCUT2D eigenvalue weighted by Crippen LogP contribution is -2.23. The normalized spacial score (nSPS) is 11.5. The average molecular weight is 174 g/mol. The molecule has 0 N–H and O–H groups in total. The molecular weight excluding hydrogens is 164 g/mol. The van der Waals surface area contributed by atoms with Crippen molar-refractivity contribution in [1.29, 1.82) is 0 Å². The fourth-order valence-electron chi connectivity index (χ4n) is 0.521. The first-order valence-corrected chi connectivity index (χ1v) is 3.28. The lowest BCUT2D eigenvalue weighted by molar-refractivity contribution is -0.152. The van der Waals surface area contributed by atoms with Crippen LogP contribution in [0.25, 0.3) is 0 Å². The minimum absolute atomic E-state index is 0.258. The Balaban J connectivity index is 3.91. The highest BCUT2D eigenvalue weighted by Crippen LogP contribution is 1.96. The Morgan fingerprint density at radius 2 is 2.08 bits per heavy atom. The molecule has 0 fully saturated rings. The molecule has 0 aliphatic carbocycles. The van der Waals surface area contributed by atoms with Crippen LogP contribution in [0.4, 0.5) is 0 Å². The minimum atomic E-state index is -1.01. The van der Waals surface area contributed by atoms with Gasteiger partial charge in [-0.1, -0.05) is 0 Å². The van der Waals surface area contributed by atoms with E-state index in [-0.39, 0.29) is 6.61 Å². The molecule has 0 radical (unpaired) electrons. The van der Waals surface area contributed by atoms with Gasteiger partial charge in [-0.25, -0.2) is 0 Å². The summed E-state index contributed by atoms with van der Waals surface area (Å²) < 4.78 is 8.72. The summed E-state index contributed by atoms with van der Waals surface area (Å²) in [5.41, 5.74) is 0. The molecule has 0 aliphatic heterocycles. The Kier molecular flexibility index (Phi) is 4.67. The van der Waals surface area contributed by atoms with E-state index >= 15 is 0 Å². The van der Waals surface area contributed by atoms with Crippen molar-refractivity contribution in [2.75, 3.05) is 13.7 Å². The van der Waals surface area contributed by atoms with Crippen molar-refractivity contribution in [2.24, 2.45) is 5.92 Å². The summed E-state index contributed by atoms with van der Waals surface area (Å²) in [5.74, 6) is -2.25. The number of aldehydes is 1. The van der Waals surface area contributed by atoms with Crippen molar-refractivity contribution in [3.05, 3.63) is 0 Å². The molecule has 0 aliphatic rings. The van der Waals surface area contributed by atoms with E-state index in [0.717, 1.165) is 7.11 Å². The van der Waals surface area contributed by atoms with E-state index in [4.69, 9.17) is 0 Å². The number of carbonyl (C=O) groups is 3. The maximum atomic E-state index is 10.7. The molecular formula is C7H10O5. The van der Waals surface area contributed by atoms with Gasteiger partial charge in [0, 0.05) is 6.92 Å². The van der Waals surface area contributed by atoms with Gasteiger partial charge in [-0.15, -0.1) is 0 Å². The summed E-state index contributed by atoms with van der Waals surface area (Å²) in [4.78, 5) is 31.2. The smallest absolute Gasteiger partial charge is 0.319 e. The molecule has 0 bridgehead atoms. The molecule has 0 saturated heterocycles. The molecule has 0 saturated carbocycles. The maximum Gasteiger partial charge on any atom is 0.319 e. The molecule has 5 heteroatoms. The van der Waals surface area contributed by atoms with Gasteiger partial charge in [-0.05, 0) is 0 Å². The number of ether oxygens (including phenoxy) is 2. The molecule has 5 nitrogen and oxygen atoms in total. The van der Waals surface area contributed by atoms with Crippen LogP contribution in [0, 0.1) is 5.92 Å². The van der Waals surface area contributed by atoms with Gasteiger partial charge in [-0.2, -0.15) is 0 Å². The van der Waals surface area contributed by atoms with Gasteiger partial charge in [-0.3, -0.25) is 9.59 Å². The van der Waals surface area contributed by atoms with Gasteiger partial charge < -0.3 is 14.3 Å². The largest absolute Gasteiger partial charge is 0.468 e. The molecule has 0 aromatic heterocycles. The van der Waals surface area contributed by atoms with E-state index in [0.29, 0.717) is 6.29 Å². The predicted molar refractivity (Wildman–Crippen MR) is 38.2 cm³/mol. The first kappa shape index (κ1) is 10.6. The lowest BCUT2D eigenvalue weighted by Gasteiger charge is -2.06. The second-order valence-corrected chi connectivity index (χ2v) is 2.07. The second kappa shape index (κ2) is 5.29. The lowest BCUT2D eigenvalue weighted by atomic mass is 10.2. The minimum Gasteiger partial charge on any atom is -0.468 e. The van der Waals surface area contributed by atoms with Crippen LogP contribution in [0.1, 0.15) is 6.92 Å². The SMILES string of the molecule is COC(=O)C(C=O)COC(C)=O. The number of carbonyl (C=O) groups excluding carboxylic acids is 3. The highest BCUT2D eigenvalue weighted by molar-refractivity contribution is 5.88. The predicted octanol–water partition coefficient (Wildman–Crippen LogP) is -0.462. The Labute approximate surface area is 69.6 Å². The number of hydrogen-bond donors (Lipinski definition) is 0. The highest BCUT2D eigenvalue weighted by Gasteiger charge is 2.19. The van der Waals surface area contributed by atoms with Crippen molar-refractivity contribution in [1.82, 2.24) is 0 Å². The van der Waals surface area contributed by atoms with Gasteiger partial charge in [0.25, 0.3) is 0 Å². The topological polar surface area (TPSA) is 69.7 Å². The van der Waals surface area contributed by atoms with Crippen LogP contribution in [0.2, 0.25) is 0 Å². The maximum absolute atomic E-state index is 10.7. The van der Waals surface area contributed by atoms with Gasteiger partial charge >= 0.3 is 11.9 Å². The first-order chi connectivity index (χ1) is 5.61. The molecule has 68 valence electrons. The third-order valence-corrected chi connectivity index (χ3v) is 1.13. The van der Waals surface area contributed by atoms with Gasteiger partial charge in [0.1, 0.15) is 18.8 Å². The Morgan fingerprint density at radius 1 is 1.50 bits per heavy atom. The third-order valence-electron chi connectivity index (χ3n) is 1.13. The van der Waals surface area contributed by atoms with Crippen LogP contribution in [-0.2, 0) is 23.9 Å². The summed E-state index contributed by atoms with van der Waals surface area (Å²) in [6.07, 6.45) is 0.384. The quantitative estimate of drug-likeness (QED) is 0.327. The van der Waals surface area contributed by atoms with Crippen molar-refractivity contribution < 1.29 is 23.9 Å². The van der Waals surface area contributed by atoms with Gasteiger partial charge in [0.2, 0.25) is 0 Å². The molecule has 0 heterocycles. The molecule has 1 atom stereocenters. The van der Waals surface area contributed by atoms with Crippen molar-refractivity contribution in [2.45, 2.75) is 6.92 Å². The molecule has 1 unspecified atom stereocenters. The molecule has 0 rings (SSSR count). The van der Waals surface area contributed by atoms with Crippen LogP contribution >= 0.6 is 0 Å². The fraction of sp³-hybridized carbons (Fsp3) is 0.571. The highest BCUT2D eigenvalue weighted by atomic mass is 16.5. The first-order valence-electron chi connectivity index (χ1n) is 3.28. The van der Waals surface area contributed by atoms with Crippen LogP contribution in [-0.4, -0.2) is 31.9 Å². The average Bonchev–Trinajstić information content (AvgIpc) is 2.04. The monoisotopic (exact) mass is 174 g/mol. The van der Waals surface area contributed by atoms with Gasteiger partial charge in [0.15, 0.2) is 0 Å². The van der Waals surface area contributed by atoms with Crippen LogP contribution in [0.15, 0.2) is 0 Å². The molecule has 0 aromatic rings. The summed E-state index contributed by atoms with van der Waals surface area (Å²) in [6.45, 7) is 0.935. The van der Waals surface area contributed by atoms with Crippen molar-refractivity contribution in [3.63, 3.8) is 0 Å². The van der Waals surface area contributed by atoms with E-state index < -0.39 is 17.9 Å².